The van der Waals surface area contributed by atoms with Crippen LogP contribution in [0.1, 0.15) is 50.3 Å². The molecular formula is C15H25N3O2. The molecule has 1 aliphatic carbocycles. The lowest BCUT2D eigenvalue weighted by molar-refractivity contribution is 0.294. The fourth-order valence-corrected chi connectivity index (χ4v) is 2.98. The highest BCUT2D eigenvalue weighted by Gasteiger charge is 2.23. The number of hydrogen-bond acceptors (Lipinski definition) is 5. The minimum atomic E-state index is 0.187. The van der Waals surface area contributed by atoms with Gasteiger partial charge in [0.2, 0.25) is 11.8 Å². The molecule has 0 amide bonds. The van der Waals surface area contributed by atoms with Crippen molar-refractivity contribution in [2.24, 2.45) is 5.92 Å². The number of methoxy groups -OCH3 is 2. The summed E-state index contributed by atoms with van der Waals surface area (Å²) >= 11 is 0. The van der Waals surface area contributed by atoms with Gasteiger partial charge in [-0.05, 0) is 19.4 Å². The number of nitrogens with zero attached hydrogens (tertiary/aromatic N) is 2. The van der Waals surface area contributed by atoms with Crippen LogP contribution in [0, 0.1) is 5.92 Å². The van der Waals surface area contributed by atoms with Gasteiger partial charge in [0.05, 0.1) is 26.5 Å². The van der Waals surface area contributed by atoms with Crippen LogP contribution in [-0.2, 0) is 0 Å². The first-order chi connectivity index (χ1) is 9.78. The van der Waals surface area contributed by atoms with E-state index in [2.05, 4.69) is 15.3 Å². The zero-order valence-corrected chi connectivity index (χ0v) is 12.7. The summed E-state index contributed by atoms with van der Waals surface area (Å²) in [5.41, 5.74) is 0.876. The second kappa shape index (κ2) is 7.43. The summed E-state index contributed by atoms with van der Waals surface area (Å²) in [6.45, 7) is 0. The molecule has 1 atom stereocenters. The zero-order chi connectivity index (χ0) is 14.4. The molecule has 0 bridgehead atoms. The van der Waals surface area contributed by atoms with Crippen LogP contribution in [0.15, 0.2) is 6.20 Å². The molecule has 1 aromatic heterocycles. The lowest BCUT2D eigenvalue weighted by atomic mass is 9.84. The molecule has 0 saturated heterocycles. The van der Waals surface area contributed by atoms with Gasteiger partial charge in [0.1, 0.15) is 5.69 Å². The normalized spacial score (nSPS) is 17.8. The fourth-order valence-electron chi connectivity index (χ4n) is 2.98. The van der Waals surface area contributed by atoms with Crippen molar-refractivity contribution in [3.8, 4) is 11.8 Å². The first-order valence-corrected chi connectivity index (χ1v) is 7.40. The van der Waals surface area contributed by atoms with E-state index in [0.717, 1.165) is 18.0 Å². The minimum Gasteiger partial charge on any atom is -0.480 e. The van der Waals surface area contributed by atoms with Gasteiger partial charge in [0.15, 0.2) is 0 Å². The van der Waals surface area contributed by atoms with Crippen molar-refractivity contribution >= 4 is 0 Å². The van der Waals surface area contributed by atoms with Gasteiger partial charge in [0, 0.05) is 0 Å². The van der Waals surface area contributed by atoms with Gasteiger partial charge in [-0.15, -0.1) is 0 Å². The van der Waals surface area contributed by atoms with Crippen LogP contribution >= 0.6 is 0 Å². The SMILES string of the molecule is CNC(CC1CCCCC1)c1ncc(OC)nc1OC. The third-order valence-corrected chi connectivity index (χ3v) is 4.12. The third kappa shape index (κ3) is 3.60. The Labute approximate surface area is 121 Å². The molecule has 20 heavy (non-hydrogen) atoms. The minimum absolute atomic E-state index is 0.187. The van der Waals surface area contributed by atoms with E-state index in [4.69, 9.17) is 9.47 Å². The molecule has 112 valence electrons. The summed E-state index contributed by atoms with van der Waals surface area (Å²) in [7, 11) is 5.18. The summed E-state index contributed by atoms with van der Waals surface area (Å²) in [4.78, 5) is 8.81. The number of rotatable bonds is 6. The Morgan fingerprint density at radius 3 is 2.60 bits per heavy atom. The summed E-state index contributed by atoms with van der Waals surface area (Å²) in [6, 6.07) is 0.187. The topological polar surface area (TPSA) is 56.3 Å². The van der Waals surface area contributed by atoms with Crippen LogP contribution in [0.25, 0.3) is 0 Å². The highest BCUT2D eigenvalue weighted by Crippen LogP contribution is 2.33. The van der Waals surface area contributed by atoms with Crippen molar-refractivity contribution in [1.29, 1.82) is 0 Å². The summed E-state index contributed by atoms with van der Waals surface area (Å²) in [6.07, 6.45) is 9.48. The smallest absolute Gasteiger partial charge is 0.240 e. The quantitative estimate of drug-likeness (QED) is 0.867. The van der Waals surface area contributed by atoms with Gasteiger partial charge in [-0.1, -0.05) is 32.1 Å². The molecule has 0 radical (unpaired) electrons. The lowest BCUT2D eigenvalue weighted by Crippen LogP contribution is -2.23. The van der Waals surface area contributed by atoms with Gasteiger partial charge in [-0.3, -0.25) is 0 Å². The molecule has 1 N–H and O–H groups in total. The van der Waals surface area contributed by atoms with Crippen LogP contribution in [0.3, 0.4) is 0 Å². The maximum Gasteiger partial charge on any atom is 0.240 e. The van der Waals surface area contributed by atoms with Gasteiger partial charge in [-0.2, -0.15) is 4.98 Å². The highest BCUT2D eigenvalue weighted by molar-refractivity contribution is 5.25. The molecule has 5 heteroatoms. The van der Waals surface area contributed by atoms with Crippen molar-refractivity contribution in [3.63, 3.8) is 0 Å². The Morgan fingerprint density at radius 1 is 1.25 bits per heavy atom. The van der Waals surface area contributed by atoms with E-state index in [0.29, 0.717) is 11.8 Å². The van der Waals surface area contributed by atoms with Crippen molar-refractivity contribution in [3.05, 3.63) is 11.9 Å². The predicted octanol–water partition coefficient (Wildman–Crippen LogP) is 2.72. The maximum atomic E-state index is 5.37. The van der Waals surface area contributed by atoms with Crippen molar-refractivity contribution < 1.29 is 9.47 Å². The van der Waals surface area contributed by atoms with Gasteiger partial charge >= 0.3 is 0 Å². The van der Waals surface area contributed by atoms with Crippen LogP contribution in [0.4, 0.5) is 0 Å². The third-order valence-electron chi connectivity index (χ3n) is 4.12. The molecule has 0 aromatic carbocycles. The molecule has 2 rings (SSSR count). The Bertz CT molecular complexity index is 420. The van der Waals surface area contributed by atoms with E-state index in [9.17, 15) is 0 Å². The lowest BCUT2D eigenvalue weighted by Gasteiger charge is -2.26. The molecule has 0 aliphatic heterocycles. The monoisotopic (exact) mass is 279 g/mol. The summed E-state index contributed by atoms with van der Waals surface area (Å²) in [5, 5.41) is 3.35. The first-order valence-electron chi connectivity index (χ1n) is 7.40. The maximum absolute atomic E-state index is 5.37. The predicted molar refractivity (Wildman–Crippen MR) is 78.1 cm³/mol. The Kier molecular flexibility index (Phi) is 5.59. The number of hydrogen-bond donors (Lipinski definition) is 1. The molecule has 1 fully saturated rings. The second-order valence-corrected chi connectivity index (χ2v) is 5.39. The van der Waals surface area contributed by atoms with Gasteiger partial charge < -0.3 is 14.8 Å². The second-order valence-electron chi connectivity index (χ2n) is 5.39. The largest absolute Gasteiger partial charge is 0.480 e. The molecule has 0 spiro atoms. The van der Waals surface area contributed by atoms with Crippen molar-refractivity contribution in [2.45, 2.75) is 44.6 Å². The van der Waals surface area contributed by atoms with E-state index < -0.39 is 0 Å². The van der Waals surface area contributed by atoms with E-state index in [-0.39, 0.29) is 6.04 Å². The highest BCUT2D eigenvalue weighted by atomic mass is 16.5. The van der Waals surface area contributed by atoms with Crippen LogP contribution in [0.5, 0.6) is 11.8 Å². The summed E-state index contributed by atoms with van der Waals surface area (Å²) < 4.78 is 10.5. The molecule has 5 nitrogen and oxygen atoms in total. The van der Waals surface area contributed by atoms with Crippen LogP contribution in [0.2, 0.25) is 0 Å². The molecular weight excluding hydrogens is 254 g/mol. The van der Waals surface area contributed by atoms with Crippen molar-refractivity contribution in [2.75, 3.05) is 21.3 Å². The standard InChI is InChI=1S/C15H25N3O2/c1-16-12(9-11-7-5-4-6-8-11)14-15(20-3)18-13(19-2)10-17-14/h10-12,16H,4-9H2,1-3H3. The van der Waals surface area contributed by atoms with E-state index in [1.165, 1.54) is 32.1 Å². The van der Waals surface area contributed by atoms with E-state index >= 15 is 0 Å². The van der Waals surface area contributed by atoms with Crippen LogP contribution < -0.4 is 14.8 Å². The Hall–Kier alpha value is -1.36. The molecule has 1 unspecified atom stereocenters. The molecule has 1 saturated carbocycles. The average Bonchev–Trinajstić information content (AvgIpc) is 2.53. The van der Waals surface area contributed by atoms with E-state index in [1.54, 1.807) is 20.4 Å². The molecule has 1 aromatic rings. The Morgan fingerprint density at radius 2 is 2.00 bits per heavy atom. The number of ether oxygens (including phenoxy) is 2. The molecule has 1 aliphatic rings. The Balaban J connectivity index is 2.13. The molecule has 1 heterocycles. The summed E-state index contributed by atoms with van der Waals surface area (Å²) in [5.74, 6) is 1.81. The fraction of sp³-hybridized carbons (Fsp3) is 0.733. The average molecular weight is 279 g/mol. The van der Waals surface area contributed by atoms with Crippen LogP contribution in [-0.4, -0.2) is 31.2 Å². The zero-order valence-electron chi connectivity index (χ0n) is 12.7. The van der Waals surface area contributed by atoms with E-state index in [1.807, 2.05) is 7.05 Å². The van der Waals surface area contributed by atoms with Crippen molar-refractivity contribution in [1.82, 2.24) is 15.3 Å². The van der Waals surface area contributed by atoms with Gasteiger partial charge in [0.25, 0.3) is 0 Å². The van der Waals surface area contributed by atoms with Gasteiger partial charge in [-0.25, -0.2) is 4.98 Å². The number of nitrogens with one attached hydrogen (secondary N) is 1. The first kappa shape index (κ1) is 15.0. The number of aromatic nitrogens is 2.